The van der Waals surface area contributed by atoms with Crippen LogP contribution >= 0.6 is 15.9 Å². The standard InChI is InChI=1S/C12H11BrN4O/c1-17-6-9(13)8-4-7(2-3-10(8)17)12-15-11(5-14)18-16-12/h2-4,6H,5,14H2,1H3. The Balaban J connectivity index is 2.15. The number of nitrogens with two attached hydrogens (primary N) is 1. The topological polar surface area (TPSA) is 69.9 Å². The molecule has 5 nitrogen and oxygen atoms in total. The van der Waals surface area contributed by atoms with E-state index < -0.39 is 0 Å². The van der Waals surface area contributed by atoms with Gasteiger partial charge in [0.1, 0.15) is 0 Å². The van der Waals surface area contributed by atoms with Crippen molar-refractivity contribution in [2.75, 3.05) is 0 Å². The van der Waals surface area contributed by atoms with Gasteiger partial charge in [-0.3, -0.25) is 0 Å². The third-order valence-electron chi connectivity index (χ3n) is 2.84. The van der Waals surface area contributed by atoms with E-state index in [2.05, 4.69) is 30.6 Å². The number of rotatable bonds is 2. The molecule has 0 atom stereocenters. The predicted molar refractivity (Wildman–Crippen MR) is 71.8 cm³/mol. The van der Waals surface area contributed by atoms with Gasteiger partial charge in [0.15, 0.2) is 0 Å². The van der Waals surface area contributed by atoms with Crippen LogP contribution in [0.1, 0.15) is 5.89 Å². The molecule has 0 aliphatic heterocycles. The summed E-state index contributed by atoms with van der Waals surface area (Å²) in [5, 5.41) is 5.03. The maximum absolute atomic E-state index is 5.45. The summed E-state index contributed by atoms with van der Waals surface area (Å²) < 4.78 is 8.12. The summed E-state index contributed by atoms with van der Waals surface area (Å²) in [4.78, 5) is 4.22. The first-order valence-corrected chi connectivity index (χ1v) is 6.26. The Hall–Kier alpha value is -1.66. The van der Waals surface area contributed by atoms with Crippen molar-refractivity contribution in [2.45, 2.75) is 6.54 Å². The molecule has 0 unspecified atom stereocenters. The van der Waals surface area contributed by atoms with Gasteiger partial charge in [0, 0.05) is 34.2 Å². The van der Waals surface area contributed by atoms with Crippen LogP contribution in [-0.2, 0) is 13.6 Å². The lowest BCUT2D eigenvalue weighted by atomic mass is 10.1. The number of hydrogen-bond acceptors (Lipinski definition) is 4. The molecular weight excluding hydrogens is 296 g/mol. The number of aromatic nitrogens is 3. The first-order valence-electron chi connectivity index (χ1n) is 5.46. The molecule has 0 amide bonds. The lowest BCUT2D eigenvalue weighted by molar-refractivity contribution is 0.380. The zero-order valence-corrected chi connectivity index (χ0v) is 11.3. The second kappa shape index (κ2) is 4.22. The van der Waals surface area contributed by atoms with E-state index in [-0.39, 0.29) is 6.54 Å². The van der Waals surface area contributed by atoms with E-state index in [0.29, 0.717) is 11.7 Å². The van der Waals surface area contributed by atoms with Crippen molar-refractivity contribution in [3.05, 3.63) is 34.8 Å². The van der Waals surface area contributed by atoms with E-state index in [9.17, 15) is 0 Å². The van der Waals surface area contributed by atoms with Crippen molar-refractivity contribution < 1.29 is 4.52 Å². The van der Waals surface area contributed by atoms with Crippen molar-refractivity contribution in [1.82, 2.24) is 14.7 Å². The summed E-state index contributed by atoms with van der Waals surface area (Å²) in [5.74, 6) is 1.00. The van der Waals surface area contributed by atoms with Gasteiger partial charge in [-0.2, -0.15) is 4.98 Å². The number of fused-ring (bicyclic) bond motifs is 1. The fourth-order valence-corrected chi connectivity index (χ4v) is 2.56. The second-order valence-electron chi connectivity index (χ2n) is 4.04. The van der Waals surface area contributed by atoms with Gasteiger partial charge in [-0.05, 0) is 34.1 Å². The minimum atomic E-state index is 0.254. The minimum Gasteiger partial charge on any atom is -0.349 e. The maximum Gasteiger partial charge on any atom is 0.240 e. The number of nitrogens with zero attached hydrogens (tertiary/aromatic N) is 3. The molecule has 0 saturated heterocycles. The molecule has 2 heterocycles. The molecule has 0 saturated carbocycles. The molecule has 0 aliphatic carbocycles. The van der Waals surface area contributed by atoms with Crippen LogP contribution in [0.4, 0.5) is 0 Å². The number of halogens is 1. The minimum absolute atomic E-state index is 0.254. The highest BCUT2D eigenvalue weighted by Crippen LogP contribution is 2.29. The first kappa shape index (κ1) is 11.4. The lowest BCUT2D eigenvalue weighted by Gasteiger charge is -1.98. The van der Waals surface area contributed by atoms with Crippen LogP contribution < -0.4 is 5.73 Å². The van der Waals surface area contributed by atoms with E-state index in [4.69, 9.17) is 10.3 Å². The van der Waals surface area contributed by atoms with Crippen molar-refractivity contribution in [2.24, 2.45) is 12.8 Å². The van der Waals surface area contributed by atoms with Crippen LogP contribution in [0, 0.1) is 0 Å². The quantitative estimate of drug-likeness (QED) is 0.789. The Morgan fingerprint density at radius 3 is 3.00 bits per heavy atom. The average Bonchev–Trinajstić information content (AvgIpc) is 2.95. The Bertz CT molecular complexity index is 716. The Labute approximate surface area is 112 Å². The highest BCUT2D eigenvalue weighted by molar-refractivity contribution is 9.10. The Morgan fingerprint density at radius 1 is 1.44 bits per heavy atom. The second-order valence-corrected chi connectivity index (χ2v) is 4.89. The molecule has 3 aromatic rings. The largest absolute Gasteiger partial charge is 0.349 e. The van der Waals surface area contributed by atoms with Gasteiger partial charge < -0.3 is 14.8 Å². The van der Waals surface area contributed by atoms with E-state index >= 15 is 0 Å². The van der Waals surface area contributed by atoms with Gasteiger partial charge in [-0.15, -0.1) is 0 Å². The van der Waals surface area contributed by atoms with Crippen molar-refractivity contribution in [1.29, 1.82) is 0 Å². The Morgan fingerprint density at radius 2 is 2.28 bits per heavy atom. The molecule has 2 aromatic heterocycles. The average molecular weight is 307 g/mol. The van der Waals surface area contributed by atoms with Gasteiger partial charge in [0.2, 0.25) is 11.7 Å². The summed E-state index contributed by atoms with van der Waals surface area (Å²) in [7, 11) is 2.01. The third kappa shape index (κ3) is 1.74. The van der Waals surface area contributed by atoms with E-state index in [1.165, 1.54) is 0 Å². The first-order chi connectivity index (χ1) is 8.69. The summed E-state index contributed by atoms with van der Waals surface area (Å²) in [6.45, 7) is 0.254. The monoisotopic (exact) mass is 306 g/mol. The molecule has 0 fully saturated rings. The van der Waals surface area contributed by atoms with Gasteiger partial charge in [-0.25, -0.2) is 0 Å². The maximum atomic E-state index is 5.45. The molecule has 2 N–H and O–H groups in total. The van der Waals surface area contributed by atoms with Crippen molar-refractivity contribution in [3.8, 4) is 11.4 Å². The normalized spacial score (nSPS) is 11.3. The highest BCUT2D eigenvalue weighted by Gasteiger charge is 2.10. The van der Waals surface area contributed by atoms with Crippen LogP contribution in [0.5, 0.6) is 0 Å². The van der Waals surface area contributed by atoms with Gasteiger partial charge in [0.25, 0.3) is 0 Å². The molecule has 18 heavy (non-hydrogen) atoms. The van der Waals surface area contributed by atoms with Crippen LogP contribution in [-0.4, -0.2) is 14.7 Å². The molecule has 6 heteroatoms. The fourth-order valence-electron chi connectivity index (χ4n) is 1.94. The SMILES string of the molecule is Cn1cc(Br)c2cc(-c3noc(CN)n3)ccc21. The zero-order chi connectivity index (χ0) is 12.7. The molecule has 0 aliphatic rings. The van der Waals surface area contributed by atoms with Crippen LogP contribution in [0.3, 0.4) is 0 Å². The van der Waals surface area contributed by atoms with Crippen LogP contribution in [0.15, 0.2) is 33.4 Å². The molecule has 0 spiro atoms. The molecule has 92 valence electrons. The summed E-state index contributed by atoms with van der Waals surface area (Å²) in [5.41, 5.74) is 7.51. The zero-order valence-electron chi connectivity index (χ0n) is 9.72. The fraction of sp³-hybridized carbons (Fsp3) is 0.167. The number of aryl methyl sites for hydroxylation is 1. The number of benzene rings is 1. The van der Waals surface area contributed by atoms with Gasteiger partial charge in [0.05, 0.1) is 6.54 Å². The Kier molecular flexibility index (Phi) is 2.68. The summed E-state index contributed by atoms with van der Waals surface area (Å²) in [6.07, 6.45) is 2.02. The summed E-state index contributed by atoms with van der Waals surface area (Å²) in [6, 6.07) is 6.04. The number of hydrogen-bond donors (Lipinski definition) is 1. The lowest BCUT2D eigenvalue weighted by Crippen LogP contribution is -1.95. The molecule has 1 aromatic carbocycles. The van der Waals surface area contributed by atoms with Crippen LogP contribution in [0.2, 0.25) is 0 Å². The van der Waals surface area contributed by atoms with Crippen molar-refractivity contribution in [3.63, 3.8) is 0 Å². The highest BCUT2D eigenvalue weighted by atomic mass is 79.9. The van der Waals surface area contributed by atoms with Gasteiger partial charge >= 0.3 is 0 Å². The molecule has 3 rings (SSSR count). The predicted octanol–water partition coefficient (Wildman–Crippen LogP) is 2.45. The van der Waals surface area contributed by atoms with E-state index in [0.717, 1.165) is 20.9 Å². The molecule has 0 bridgehead atoms. The molecular formula is C12H11BrN4O. The summed E-state index contributed by atoms with van der Waals surface area (Å²) >= 11 is 3.54. The smallest absolute Gasteiger partial charge is 0.240 e. The van der Waals surface area contributed by atoms with Crippen molar-refractivity contribution >= 4 is 26.8 Å². The van der Waals surface area contributed by atoms with E-state index in [1.54, 1.807) is 0 Å². The van der Waals surface area contributed by atoms with E-state index in [1.807, 2.05) is 31.4 Å². The van der Waals surface area contributed by atoms with Gasteiger partial charge in [-0.1, -0.05) is 5.16 Å². The molecule has 0 radical (unpaired) electrons. The van der Waals surface area contributed by atoms with Crippen LogP contribution in [0.25, 0.3) is 22.3 Å². The third-order valence-corrected chi connectivity index (χ3v) is 3.47.